The smallest absolute Gasteiger partial charge is 0.261 e. The first-order chi connectivity index (χ1) is 15.7. The molecule has 1 fully saturated rings. The molecule has 8 nitrogen and oxygen atoms in total. The van der Waals surface area contributed by atoms with Gasteiger partial charge in [-0.15, -0.1) is 11.8 Å². The van der Waals surface area contributed by atoms with E-state index in [4.69, 9.17) is 4.74 Å². The summed E-state index contributed by atoms with van der Waals surface area (Å²) < 4.78 is 34.3. The minimum Gasteiger partial charge on any atom is -0.376 e. The second kappa shape index (κ2) is 11.0. The average Bonchev–Trinajstić information content (AvgIpc) is 3.31. The van der Waals surface area contributed by atoms with Crippen molar-refractivity contribution in [2.75, 3.05) is 29.4 Å². The topological polar surface area (TPSA) is 114 Å². The van der Waals surface area contributed by atoms with Crippen molar-refractivity contribution in [1.82, 2.24) is 5.32 Å². The lowest BCUT2D eigenvalue weighted by Gasteiger charge is -2.16. The van der Waals surface area contributed by atoms with Gasteiger partial charge in [-0.3, -0.25) is 14.3 Å². The number of carbonyl (C=O) groups excluding carboxylic acids is 2. The lowest BCUT2D eigenvalue weighted by molar-refractivity contribution is -0.118. The third kappa shape index (κ3) is 6.49. The number of carbonyl (C=O) groups is 2. The summed E-state index contributed by atoms with van der Waals surface area (Å²) in [6, 6.07) is 11.0. The van der Waals surface area contributed by atoms with Gasteiger partial charge in [0, 0.05) is 24.0 Å². The Labute approximate surface area is 198 Å². The van der Waals surface area contributed by atoms with Crippen LogP contribution in [0.2, 0.25) is 0 Å². The molecule has 10 heteroatoms. The molecule has 0 unspecified atom stereocenters. The zero-order valence-corrected chi connectivity index (χ0v) is 20.5. The van der Waals surface area contributed by atoms with E-state index in [0.29, 0.717) is 18.8 Å². The van der Waals surface area contributed by atoms with Crippen LogP contribution in [0.15, 0.2) is 52.3 Å². The third-order valence-electron chi connectivity index (χ3n) is 5.19. The minimum absolute atomic E-state index is 0.0195. The fourth-order valence-electron chi connectivity index (χ4n) is 3.31. The molecule has 2 aromatic rings. The molecule has 0 radical (unpaired) electrons. The largest absolute Gasteiger partial charge is 0.376 e. The first kappa shape index (κ1) is 25.1. The maximum atomic E-state index is 13.1. The zero-order chi connectivity index (χ0) is 24.0. The van der Waals surface area contributed by atoms with Crippen LogP contribution in [0.1, 0.15) is 37.0 Å². The molecular weight excluding hydrogens is 462 g/mol. The maximum absolute atomic E-state index is 13.1. The highest BCUT2D eigenvalue weighted by molar-refractivity contribution is 7.98. The standard InChI is InChI=1S/C23H29N3O5S2/c1-15(2)22(27)25-20-13-17(10-11-21(20)32-3)33(29,30)26-19-9-5-4-8-18(19)23(28)24-14-16-7-6-12-31-16/h4-5,8-11,13,15-16,26H,6-7,12,14H2,1-3H3,(H,24,28)(H,25,27)/t16-/m0/s1. The van der Waals surface area contributed by atoms with Crippen molar-refractivity contribution in [3.63, 3.8) is 0 Å². The van der Waals surface area contributed by atoms with Crippen LogP contribution in [0, 0.1) is 5.92 Å². The predicted octanol–water partition coefficient (Wildman–Crippen LogP) is 3.71. The van der Waals surface area contributed by atoms with E-state index in [9.17, 15) is 18.0 Å². The highest BCUT2D eigenvalue weighted by Gasteiger charge is 2.22. The summed E-state index contributed by atoms with van der Waals surface area (Å²) in [6.07, 6.45) is 3.67. The van der Waals surface area contributed by atoms with E-state index < -0.39 is 10.0 Å². The number of hydrogen-bond donors (Lipinski definition) is 3. The molecule has 178 valence electrons. The lowest BCUT2D eigenvalue weighted by Crippen LogP contribution is -2.32. The van der Waals surface area contributed by atoms with E-state index in [-0.39, 0.29) is 40.0 Å². The van der Waals surface area contributed by atoms with E-state index in [2.05, 4.69) is 15.4 Å². The van der Waals surface area contributed by atoms with Crippen molar-refractivity contribution in [3.8, 4) is 0 Å². The van der Waals surface area contributed by atoms with E-state index in [0.717, 1.165) is 17.7 Å². The highest BCUT2D eigenvalue weighted by Crippen LogP contribution is 2.30. The maximum Gasteiger partial charge on any atom is 0.261 e. The van der Waals surface area contributed by atoms with Gasteiger partial charge in [-0.1, -0.05) is 26.0 Å². The molecule has 1 aliphatic rings. The van der Waals surface area contributed by atoms with E-state index in [1.807, 2.05) is 6.26 Å². The van der Waals surface area contributed by atoms with Crippen molar-refractivity contribution in [3.05, 3.63) is 48.0 Å². The van der Waals surface area contributed by atoms with Crippen LogP contribution < -0.4 is 15.4 Å². The number of hydrogen-bond acceptors (Lipinski definition) is 6. The fourth-order valence-corrected chi connectivity index (χ4v) is 4.95. The Kier molecular flexibility index (Phi) is 8.39. The quantitative estimate of drug-likeness (QED) is 0.461. The Morgan fingerprint density at radius 3 is 2.58 bits per heavy atom. The van der Waals surface area contributed by atoms with Crippen LogP contribution in [0.4, 0.5) is 11.4 Å². The molecule has 1 atom stereocenters. The highest BCUT2D eigenvalue weighted by atomic mass is 32.2. The van der Waals surface area contributed by atoms with Gasteiger partial charge in [0.05, 0.1) is 27.9 Å². The molecule has 2 amide bonds. The summed E-state index contributed by atoms with van der Waals surface area (Å²) in [4.78, 5) is 25.6. The number of benzene rings is 2. The lowest BCUT2D eigenvalue weighted by atomic mass is 10.1. The Morgan fingerprint density at radius 2 is 1.91 bits per heavy atom. The van der Waals surface area contributed by atoms with E-state index in [1.54, 1.807) is 38.1 Å². The molecule has 0 bridgehead atoms. The van der Waals surface area contributed by atoms with E-state index >= 15 is 0 Å². The number of amides is 2. The summed E-state index contributed by atoms with van der Waals surface area (Å²) >= 11 is 1.40. The first-order valence-electron chi connectivity index (χ1n) is 10.7. The Bertz CT molecular complexity index is 1110. The van der Waals surface area contributed by atoms with Gasteiger partial charge in [0.15, 0.2) is 0 Å². The van der Waals surface area contributed by atoms with Crippen molar-refractivity contribution < 1.29 is 22.7 Å². The first-order valence-corrected chi connectivity index (χ1v) is 13.4. The number of rotatable bonds is 9. The van der Waals surface area contributed by atoms with Gasteiger partial charge < -0.3 is 15.4 Å². The van der Waals surface area contributed by atoms with Crippen molar-refractivity contribution in [1.29, 1.82) is 0 Å². The summed E-state index contributed by atoms with van der Waals surface area (Å²) in [5.41, 5.74) is 0.809. The van der Waals surface area contributed by atoms with Crippen molar-refractivity contribution in [2.24, 2.45) is 5.92 Å². The van der Waals surface area contributed by atoms with Crippen molar-refractivity contribution >= 4 is 45.0 Å². The summed E-state index contributed by atoms with van der Waals surface area (Å²) in [7, 11) is -4.02. The average molecular weight is 492 g/mol. The molecular formula is C23H29N3O5S2. The molecule has 3 N–H and O–H groups in total. The van der Waals surface area contributed by atoms with Crippen LogP contribution in [0.5, 0.6) is 0 Å². The van der Waals surface area contributed by atoms with Gasteiger partial charge in [0.2, 0.25) is 5.91 Å². The minimum atomic E-state index is -4.02. The molecule has 0 saturated carbocycles. The number of nitrogens with one attached hydrogen (secondary N) is 3. The fraction of sp³-hybridized carbons (Fsp3) is 0.391. The Hall–Kier alpha value is -2.56. The third-order valence-corrected chi connectivity index (χ3v) is 7.35. The van der Waals surface area contributed by atoms with Gasteiger partial charge in [-0.25, -0.2) is 8.42 Å². The summed E-state index contributed by atoms with van der Waals surface area (Å²) in [5.74, 6) is -0.842. The number of para-hydroxylation sites is 1. The normalized spacial score (nSPS) is 15.9. The van der Waals surface area contributed by atoms with Crippen LogP contribution in [-0.4, -0.2) is 45.7 Å². The zero-order valence-electron chi connectivity index (χ0n) is 18.9. The van der Waals surface area contributed by atoms with Gasteiger partial charge in [0.1, 0.15) is 0 Å². The van der Waals surface area contributed by atoms with Crippen molar-refractivity contribution in [2.45, 2.75) is 42.6 Å². The monoisotopic (exact) mass is 491 g/mol. The Morgan fingerprint density at radius 1 is 1.15 bits per heavy atom. The van der Waals surface area contributed by atoms with Crippen LogP contribution in [0.25, 0.3) is 0 Å². The SMILES string of the molecule is CSc1ccc(S(=O)(=O)Nc2ccccc2C(=O)NC[C@@H]2CCCO2)cc1NC(=O)C(C)C. The Balaban J connectivity index is 1.82. The molecule has 0 aliphatic carbocycles. The van der Waals surface area contributed by atoms with Gasteiger partial charge >= 0.3 is 0 Å². The number of anilines is 2. The number of thioether (sulfide) groups is 1. The molecule has 0 aromatic heterocycles. The second-order valence-corrected chi connectivity index (χ2v) is 10.5. The van der Waals surface area contributed by atoms with Gasteiger partial charge in [0.25, 0.3) is 15.9 Å². The molecule has 3 rings (SSSR count). The van der Waals surface area contributed by atoms with Crippen LogP contribution >= 0.6 is 11.8 Å². The predicted molar refractivity (Wildman–Crippen MR) is 130 cm³/mol. The second-order valence-electron chi connectivity index (χ2n) is 8.00. The van der Waals surface area contributed by atoms with Crippen LogP contribution in [-0.2, 0) is 19.6 Å². The molecule has 1 aliphatic heterocycles. The van der Waals surface area contributed by atoms with Crippen LogP contribution in [0.3, 0.4) is 0 Å². The molecule has 33 heavy (non-hydrogen) atoms. The molecule has 1 heterocycles. The van der Waals surface area contributed by atoms with Gasteiger partial charge in [-0.2, -0.15) is 0 Å². The number of sulfonamides is 1. The van der Waals surface area contributed by atoms with Gasteiger partial charge in [-0.05, 0) is 49.4 Å². The molecule has 0 spiro atoms. The van der Waals surface area contributed by atoms with E-state index in [1.165, 1.54) is 30.0 Å². The summed E-state index contributed by atoms with van der Waals surface area (Å²) in [5, 5.41) is 5.60. The summed E-state index contributed by atoms with van der Waals surface area (Å²) in [6.45, 7) is 4.58. The molecule has 1 saturated heterocycles. The molecule has 2 aromatic carbocycles. The number of ether oxygens (including phenoxy) is 1.